The van der Waals surface area contributed by atoms with Gasteiger partial charge >= 0.3 is 0 Å². The summed E-state index contributed by atoms with van der Waals surface area (Å²) in [4.78, 5) is 40.3. The Hall–Kier alpha value is -3.13. The van der Waals surface area contributed by atoms with Crippen molar-refractivity contribution in [2.75, 3.05) is 0 Å². The molecule has 1 saturated carbocycles. The second kappa shape index (κ2) is 7.28. The maximum absolute atomic E-state index is 13.5. The average Bonchev–Trinajstić information content (AvgIpc) is 3.12. The fraction of sp³-hybridized carbons (Fsp3) is 0.409. The maximum atomic E-state index is 13.5. The minimum Gasteiger partial charge on any atom is -0.483 e. The molecule has 3 aliphatic rings. The van der Waals surface area contributed by atoms with Gasteiger partial charge in [-0.2, -0.15) is 0 Å². The summed E-state index contributed by atoms with van der Waals surface area (Å²) in [6.07, 6.45) is 5.44. The van der Waals surface area contributed by atoms with Gasteiger partial charge in [-0.25, -0.2) is 0 Å². The van der Waals surface area contributed by atoms with E-state index in [0.717, 1.165) is 31.2 Å². The molecule has 8 nitrogen and oxygen atoms in total. The van der Waals surface area contributed by atoms with Crippen molar-refractivity contribution in [3.05, 3.63) is 63.6 Å². The Morgan fingerprint density at radius 1 is 1.17 bits per heavy atom. The first-order chi connectivity index (χ1) is 14.5. The van der Waals surface area contributed by atoms with E-state index in [1.807, 2.05) is 35.2 Å². The third kappa shape index (κ3) is 2.99. The summed E-state index contributed by atoms with van der Waals surface area (Å²) in [6, 6.07) is 9.76. The monoisotopic (exact) mass is 408 g/mol. The minimum atomic E-state index is -0.831. The smallest absolute Gasteiger partial charge is 0.276 e. The lowest BCUT2D eigenvalue weighted by atomic mass is 9.91. The number of primary amides is 1. The molecule has 0 bridgehead atoms. The molecular weight excluding hydrogens is 384 g/mol. The van der Waals surface area contributed by atoms with E-state index >= 15 is 0 Å². The molecule has 2 aromatic rings. The molecule has 0 radical (unpaired) electrons. The first-order valence-electron chi connectivity index (χ1n) is 10.4. The Balaban J connectivity index is 1.57. The minimum absolute atomic E-state index is 0.0992. The number of pyridine rings is 1. The number of carbonyl (C=O) groups excluding carboxylic acids is 2. The van der Waals surface area contributed by atoms with Crippen molar-refractivity contribution in [1.29, 1.82) is 0 Å². The van der Waals surface area contributed by atoms with Crippen LogP contribution in [-0.4, -0.2) is 39.5 Å². The second-order valence-electron chi connectivity index (χ2n) is 8.19. The van der Waals surface area contributed by atoms with E-state index in [1.165, 1.54) is 6.20 Å². The maximum Gasteiger partial charge on any atom is 0.276 e. The number of nitrogens with zero attached hydrogens (tertiary/aromatic N) is 2. The van der Waals surface area contributed by atoms with Crippen molar-refractivity contribution < 1.29 is 14.3 Å². The lowest BCUT2D eigenvalue weighted by Crippen LogP contribution is -2.52. The molecule has 0 spiro atoms. The highest BCUT2D eigenvalue weighted by molar-refractivity contribution is 5.99. The summed E-state index contributed by atoms with van der Waals surface area (Å²) in [5, 5.41) is 3.56. The molecule has 2 fully saturated rings. The highest BCUT2D eigenvalue weighted by atomic mass is 16.5. The fourth-order valence-corrected chi connectivity index (χ4v) is 4.98. The average molecular weight is 408 g/mol. The molecule has 3 N–H and O–H groups in total. The largest absolute Gasteiger partial charge is 0.483 e. The first-order valence-corrected chi connectivity index (χ1v) is 10.4. The van der Waals surface area contributed by atoms with Gasteiger partial charge < -0.3 is 19.9 Å². The van der Waals surface area contributed by atoms with E-state index in [-0.39, 0.29) is 47.8 Å². The molecule has 2 aliphatic heterocycles. The van der Waals surface area contributed by atoms with E-state index in [9.17, 15) is 14.4 Å². The third-order valence-corrected chi connectivity index (χ3v) is 6.37. The van der Waals surface area contributed by atoms with Gasteiger partial charge in [0.25, 0.3) is 11.8 Å². The zero-order valence-corrected chi connectivity index (χ0v) is 16.5. The Kier molecular flexibility index (Phi) is 4.58. The second-order valence-corrected chi connectivity index (χ2v) is 8.19. The lowest BCUT2D eigenvalue weighted by molar-refractivity contribution is 0.0541. The summed E-state index contributed by atoms with van der Waals surface area (Å²) in [6.45, 7) is 0.558. The molecule has 3 heterocycles. The molecule has 30 heavy (non-hydrogen) atoms. The van der Waals surface area contributed by atoms with Gasteiger partial charge in [0.2, 0.25) is 5.43 Å². The van der Waals surface area contributed by atoms with Crippen molar-refractivity contribution in [2.24, 2.45) is 5.73 Å². The van der Waals surface area contributed by atoms with E-state index in [0.29, 0.717) is 6.54 Å². The molecule has 2 amide bonds. The van der Waals surface area contributed by atoms with E-state index < -0.39 is 11.3 Å². The molecule has 1 aromatic heterocycles. The SMILES string of the molecule is NC(=O)c1cn2c(c(OCc3ccccc3)c1=O)C(=O)N1C(C2)NC2CCCCC21. The van der Waals surface area contributed by atoms with Gasteiger partial charge in [-0.1, -0.05) is 43.2 Å². The summed E-state index contributed by atoms with van der Waals surface area (Å²) >= 11 is 0. The molecular formula is C22H24N4O4. The van der Waals surface area contributed by atoms with Crippen LogP contribution in [-0.2, 0) is 13.2 Å². The quantitative estimate of drug-likeness (QED) is 0.791. The van der Waals surface area contributed by atoms with Gasteiger partial charge in [-0.15, -0.1) is 0 Å². The molecule has 1 aliphatic carbocycles. The molecule has 3 unspecified atom stereocenters. The zero-order valence-electron chi connectivity index (χ0n) is 16.5. The van der Waals surface area contributed by atoms with Gasteiger partial charge in [0.1, 0.15) is 18.3 Å². The number of benzene rings is 1. The molecule has 3 atom stereocenters. The number of hydrogen-bond acceptors (Lipinski definition) is 5. The number of rotatable bonds is 4. The predicted octanol–water partition coefficient (Wildman–Crippen LogP) is 1.22. The van der Waals surface area contributed by atoms with Crippen molar-refractivity contribution in [3.63, 3.8) is 0 Å². The van der Waals surface area contributed by atoms with E-state index in [1.54, 1.807) is 4.57 Å². The number of amides is 2. The summed E-state index contributed by atoms with van der Waals surface area (Å²) in [7, 11) is 0. The number of aromatic nitrogens is 1. The Morgan fingerprint density at radius 2 is 1.93 bits per heavy atom. The number of fused-ring (bicyclic) bond motifs is 4. The molecule has 1 aromatic carbocycles. The molecule has 1 saturated heterocycles. The number of nitrogens with one attached hydrogen (secondary N) is 1. The Morgan fingerprint density at radius 3 is 2.70 bits per heavy atom. The summed E-state index contributed by atoms with van der Waals surface area (Å²) < 4.78 is 7.51. The molecule has 5 rings (SSSR count). The Labute approximate surface area is 173 Å². The number of hydrogen-bond donors (Lipinski definition) is 2. The zero-order chi connectivity index (χ0) is 20.8. The van der Waals surface area contributed by atoms with Crippen LogP contribution in [0, 0.1) is 0 Å². The highest BCUT2D eigenvalue weighted by Crippen LogP contribution is 2.35. The van der Waals surface area contributed by atoms with Gasteiger partial charge in [0, 0.05) is 18.3 Å². The van der Waals surface area contributed by atoms with Crippen LogP contribution in [0.5, 0.6) is 5.75 Å². The van der Waals surface area contributed by atoms with Crippen molar-refractivity contribution in [3.8, 4) is 5.75 Å². The first kappa shape index (κ1) is 18.9. The van der Waals surface area contributed by atoms with E-state index in [2.05, 4.69) is 5.32 Å². The number of nitrogens with two attached hydrogens (primary N) is 1. The van der Waals surface area contributed by atoms with Gasteiger partial charge in [0.15, 0.2) is 11.4 Å². The summed E-state index contributed by atoms with van der Waals surface area (Å²) in [5.74, 6) is -1.16. The number of ether oxygens (including phenoxy) is 1. The Bertz CT molecular complexity index is 1060. The van der Waals surface area contributed by atoms with E-state index in [4.69, 9.17) is 10.5 Å². The van der Waals surface area contributed by atoms with Crippen molar-refractivity contribution >= 4 is 11.8 Å². The normalized spacial score (nSPS) is 24.7. The van der Waals surface area contributed by atoms with Crippen LogP contribution < -0.4 is 21.2 Å². The van der Waals surface area contributed by atoms with Crippen LogP contribution in [0.25, 0.3) is 0 Å². The molecule has 8 heteroatoms. The van der Waals surface area contributed by atoms with Crippen molar-refractivity contribution in [1.82, 2.24) is 14.8 Å². The van der Waals surface area contributed by atoms with Gasteiger partial charge in [-0.05, 0) is 18.4 Å². The van der Waals surface area contributed by atoms with Crippen LogP contribution in [0.3, 0.4) is 0 Å². The number of carbonyl (C=O) groups is 2. The van der Waals surface area contributed by atoms with Crippen LogP contribution in [0.1, 0.15) is 52.1 Å². The van der Waals surface area contributed by atoms with Gasteiger partial charge in [0.05, 0.1) is 6.54 Å². The van der Waals surface area contributed by atoms with Crippen LogP contribution in [0.4, 0.5) is 0 Å². The third-order valence-electron chi connectivity index (χ3n) is 6.37. The molecule has 156 valence electrons. The van der Waals surface area contributed by atoms with Crippen LogP contribution in [0.2, 0.25) is 0 Å². The van der Waals surface area contributed by atoms with Gasteiger partial charge in [-0.3, -0.25) is 19.7 Å². The summed E-state index contributed by atoms with van der Waals surface area (Å²) in [5.41, 5.74) is 5.70. The van der Waals surface area contributed by atoms with Crippen LogP contribution in [0.15, 0.2) is 41.3 Å². The lowest BCUT2D eigenvalue weighted by Gasteiger charge is -2.37. The predicted molar refractivity (Wildman–Crippen MR) is 109 cm³/mol. The fourth-order valence-electron chi connectivity index (χ4n) is 4.98. The standard InChI is InChI=1S/C22H24N4O4/c23-21(28)14-10-25-11-17-24-15-8-4-5-9-16(15)26(17)22(29)18(25)20(19(14)27)30-12-13-6-2-1-3-7-13/h1-3,6-7,10,15-17,24H,4-5,8-9,11-12H2,(H2,23,28). The topological polar surface area (TPSA) is 107 Å². The van der Waals surface area contributed by atoms with Crippen LogP contribution >= 0.6 is 0 Å². The van der Waals surface area contributed by atoms with Crippen molar-refractivity contribution in [2.45, 2.75) is 57.1 Å². The highest BCUT2D eigenvalue weighted by Gasteiger charge is 2.48.